The molecule has 1 aliphatic rings. The van der Waals surface area contributed by atoms with Gasteiger partial charge in [0.25, 0.3) is 0 Å². The second-order valence-corrected chi connectivity index (χ2v) is 4.65. The van der Waals surface area contributed by atoms with Gasteiger partial charge in [-0.2, -0.15) is 0 Å². The summed E-state index contributed by atoms with van der Waals surface area (Å²) in [5.41, 5.74) is 6.91. The number of benzene rings is 1. The normalized spacial score (nSPS) is 19.5. The maximum absolute atomic E-state index is 5.61. The van der Waals surface area contributed by atoms with Gasteiger partial charge in [0.1, 0.15) is 0 Å². The van der Waals surface area contributed by atoms with E-state index in [1.165, 1.54) is 12.1 Å². The molecule has 0 amide bonds. The summed E-state index contributed by atoms with van der Waals surface area (Å²) in [5, 5.41) is 0. The van der Waals surface area contributed by atoms with Crippen molar-refractivity contribution in [2.24, 2.45) is 11.7 Å². The highest BCUT2D eigenvalue weighted by Gasteiger charge is 2.19. The monoisotopic (exact) mass is 234 g/mol. The standard InChI is InChI=1S/C14H22N2O/c15-8-4-9-16(11-13-7-10-17-12-13)14-5-2-1-3-6-14/h1-3,5-6,13H,4,7-12,15H2. The van der Waals surface area contributed by atoms with E-state index >= 15 is 0 Å². The van der Waals surface area contributed by atoms with Crippen LogP contribution in [0.2, 0.25) is 0 Å². The molecule has 1 atom stereocenters. The van der Waals surface area contributed by atoms with Gasteiger partial charge in [-0.15, -0.1) is 0 Å². The molecule has 0 aromatic heterocycles. The van der Waals surface area contributed by atoms with Crippen LogP contribution in [0.1, 0.15) is 12.8 Å². The molecule has 1 saturated heterocycles. The first-order valence-electron chi connectivity index (χ1n) is 6.48. The molecule has 0 aliphatic carbocycles. The fourth-order valence-electron chi connectivity index (χ4n) is 2.29. The first kappa shape index (κ1) is 12.4. The van der Waals surface area contributed by atoms with Crippen LogP contribution in [0.5, 0.6) is 0 Å². The Hall–Kier alpha value is -1.06. The highest BCUT2D eigenvalue weighted by molar-refractivity contribution is 5.45. The molecule has 17 heavy (non-hydrogen) atoms. The first-order valence-corrected chi connectivity index (χ1v) is 6.48. The van der Waals surface area contributed by atoms with Gasteiger partial charge in [0.05, 0.1) is 6.61 Å². The van der Waals surface area contributed by atoms with Gasteiger partial charge in [-0.05, 0) is 31.5 Å². The van der Waals surface area contributed by atoms with Crippen LogP contribution in [0.4, 0.5) is 5.69 Å². The highest BCUT2D eigenvalue weighted by atomic mass is 16.5. The molecule has 0 radical (unpaired) electrons. The lowest BCUT2D eigenvalue weighted by Crippen LogP contribution is -2.31. The Labute approximate surface area is 104 Å². The predicted octanol–water partition coefficient (Wildman–Crippen LogP) is 1.88. The van der Waals surface area contributed by atoms with Crippen molar-refractivity contribution in [2.45, 2.75) is 12.8 Å². The minimum Gasteiger partial charge on any atom is -0.381 e. The molecule has 0 bridgehead atoms. The summed E-state index contributed by atoms with van der Waals surface area (Å²) in [6, 6.07) is 10.6. The average molecular weight is 234 g/mol. The maximum Gasteiger partial charge on any atom is 0.0512 e. The zero-order valence-corrected chi connectivity index (χ0v) is 10.3. The molecule has 1 fully saturated rings. The van der Waals surface area contributed by atoms with Crippen molar-refractivity contribution >= 4 is 5.69 Å². The van der Waals surface area contributed by atoms with Crippen LogP contribution in [0.3, 0.4) is 0 Å². The Morgan fingerprint density at radius 3 is 2.76 bits per heavy atom. The molecule has 2 N–H and O–H groups in total. The van der Waals surface area contributed by atoms with E-state index in [1.54, 1.807) is 0 Å². The molecule has 1 aliphatic heterocycles. The van der Waals surface area contributed by atoms with Gasteiger partial charge in [-0.1, -0.05) is 18.2 Å². The molecule has 1 heterocycles. The van der Waals surface area contributed by atoms with Crippen LogP contribution in [-0.2, 0) is 4.74 Å². The minimum atomic E-state index is 0.674. The first-order chi connectivity index (χ1) is 8.40. The van der Waals surface area contributed by atoms with E-state index in [9.17, 15) is 0 Å². The van der Waals surface area contributed by atoms with Crippen LogP contribution >= 0.6 is 0 Å². The number of nitrogens with two attached hydrogens (primary N) is 1. The Kier molecular flexibility index (Phi) is 4.83. The van der Waals surface area contributed by atoms with Crippen molar-refractivity contribution in [3.8, 4) is 0 Å². The molecule has 0 saturated carbocycles. The molecule has 2 rings (SSSR count). The third-order valence-corrected chi connectivity index (χ3v) is 3.26. The van der Waals surface area contributed by atoms with Gasteiger partial charge in [0.15, 0.2) is 0 Å². The summed E-state index contributed by atoms with van der Waals surface area (Å²) in [6.07, 6.45) is 2.23. The van der Waals surface area contributed by atoms with E-state index in [-0.39, 0.29) is 0 Å². The largest absolute Gasteiger partial charge is 0.381 e. The molecule has 1 aromatic carbocycles. The molecule has 94 valence electrons. The molecule has 0 spiro atoms. The molecular formula is C14H22N2O. The van der Waals surface area contributed by atoms with Gasteiger partial charge in [0, 0.05) is 31.3 Å². The van der Waals surface area contributed by atoms with Crippen molar-refractivity contribution in [3.05, 3.63) is 30.3 Å². The number of rotatable bonds is 6. The van der Waals surface area contributed by atoms with Crippen molar-refractivity contribution in [3.63, 3.8) is 0 Å². The summed E-state index contributed by atoms with van der Waals surface area (Å²) < 4.78 is 5.45. The van der Waals surface area contributed by atoms with Crippen molar-refractivity contribution in [1.29, 1.82) is 0 Å². The number of hydrogen-bond donors (Lipinski definition) is 1. The van der Waals surface area contributed by atoms with E-state index in [4.69, 9.17) is 10.5 Å². The number of para-hydroxylation sites is 1. The summed E-state index contributed by atoms with van der Waals surface area (Å²) >= 11 is 0. The van der Waals surface area contributed by atoms with Crippen molar-refractivity contribution < 1.29 is 4.74 Å². The predicted molar refractivity (Wildman–Crippen MR) is 71.3 cm³/mol. The molecular weight excluding hydrogens is 212 g/mol. The highest BCUT2D eigenvalue weighted by Crippen LogP contribution is 2.19. The summed E-state index contributed by atoms with van der Waals surface area (Å²) in [4.78, 5) is 2.44. The van der Waals surface area contributed by atoms with E-state index in [2.05, 4.69) is 35.2 Å². The Bertz CT molecular complexity index is 309. The molecule has 1 unspecified atom stereocenters. The van der Waals surface area contributed by atoms with Crippen LogP contribution in [0.15, 0.2) is 30.3 Å². The zero-order valence-electron chi connectivity index (χ0n) is 10.3. The molecule has 3 heteroatoms. The summed E-state index contributed by atoms with van der Waals surface area (Å²) in [5.74, 6) is 0.674. The van der Waals surface area contributed by atoms with Gasteiger partial charge < -0.3 is 15.4 Å². The van der Waals surface area contributed by atoms with Crippen LogP contribution < -0.4 is 10.6 Å². The Morgan fingerprint density at radius 2 is 2.12 bits per heavy atom. The van der Waals surface area contributed by atoms with Gasteiger partial charge >= 0.3 is 0 Å². The van der Waals surface area contributed by atoms with Crippen LogP contribution in [0, 0.1) is 5.92 Å². The van der Waals surface area contributed by atoms with Crippen LogP contribution in [0.25, 0.3) is 0 Å². The van der Waals surface area contributed by atoms with E-state index in [0.29, 0.717) is 5.92 Å². The van der Waals surface area contributed by atoms with Gasteiger partial charge in [-0.25, -0.2) is 0 Å². The lowest BCUT2D eigenvalue weighted by atomic mass is 10.1. The number of ether oxygens (including phenoxy) is 1. The zero-order chi connectivity index (χ0) is 11.9. The smallest absolute Gasteiger partial charge is 0.0512 e. The van der Waals surface area contributed by atoms with Gasteiger partial charge in [0.2, 0.25) is 0 Å². The maximum atomic E-state index is 5.61. The van der Waals surface area contributed by atoms with E-state index in [1.807, 2.05) is 0 Å². The Balaban J connectivity index is 1.97. The average Bonchev–Trinajstić information content (AvgIpc) is 2.88. The minimum absolute atomic E-state index is 0.674. The number of hydrogen-bond acceptors (Lipinski definition) is 3. The van der Waals surface area contributed by atoms with Gasteiger partial charge in [-0.3, -0.25) is 0 Å². The molecule has 3 nitrogen and oxygen atoms in total. The third-order valence-electron chi connectivity index (χ3n) is 3.26. The topological polar surface area (TPSA) is 38.5 Å². The quantitative estimate of drug-likeness (QED) is 0.816. The lowest BCUT2D eigenvalue weighted by Gasteiger charge is -2.27. The SMILES string of the molecule is NCCCN(CC1CCOC1)c1ccccc1. The number of nitrogens with zero attached hydrogens (tertiary/aromatic N) is 1. The fourth-order valence-corrected chi connectivity index (χ4v) is 2.29. The Morgan fingerprint density at radius 1 is 1.29 bits per heavy atom. The number of anilines is 1. The summed E-state index contributed by atoms with van der Waals surface area (Å²) in [7, 11) is 0. The second-order valence-electron chi connectivity index (χ2n) is 4.65. The summed E-state index contributed by atoms with van der Waals surface area (Å²) in [6.45, 7) is 4.71. The van der Waals surface area contributed by atoms with Crippen molar-refractivity contribution in [2.75, 3.05) is 37.7 Å². The van der Waals surface area contributed by atoms with Crippen molar-refractivity contribution in [1.82, 2.24) is 0 Å². The fraction of sp³-hybridized carbons (Fsp3) is 0.571. The molecule has 1 aromatic rings. The lowest BCUT2D eigenvalue weighted by molar-refractivity contribution is 0.186. The van der Waals surface area contributed by atoms with Crippen LogP contribution in [-0.4, -0.2) is 32.8 Å². The van der Waals surface area contributed by atoms with E-state index in [0.717, 1.165) is 39.3 Å². The second kappa shape index (κ2) is 6.62. The van der Waals surface area contributed by atoms with E-state index < -0.39 is 0 Å². The third kappa shape index (κ3) is 3.72.